The summed E-state index contributed by atoms with van der Waals surface area (Å²) in [5, 5.41) is 15.9. The summed E-state index contributed by atoms with van der Waals surface area (Å²) in [4.78, 5) is 31.7. The van der Waals surface area contributed by atoms with E-state index in [-0.39, 0.29) is 33.9 Å². The number of hydrazine groups is 1. The number of benzene rings is 3. The lowest BCUT2D eigenvalue weighted by Crippen LogP contribution is -2.53. The number of carbonyl (C=O) groups is 2. The number of carbonyl (C=O) groups excluding carboxylic acids is 2. The van der Waals surface area contributed by atoms with E-state index in [9.17, 15) is 31.5 Å². The van der Waals surface area contributed by atoms with Gasteiger partial charge < -0.3 is 15.3 Å². The highest BCUT2D eigenvalue weighted by molar-refractivity contribution is 7.89. The van der Waals surface area contributed by atoms with Gasteiger partial charge in [0.05, 0.1) is 21.9 Å². The maximum absolute atomic E-state index is 14.0. The second-order valence-electron chi connectivity index (χ2n) is 12.4. The van der Waals surface area contributed by atoms with E-state index < -0.39 is 44.0 Å². The third-order valence-electron chi connectivity index (χ3n) is 8.04. The summed E-state index contributed by atoms with van der Waals surface area (Å²) in [7, 11) is -5.26. The Morgan fingerprint density at radius 3 is 1.90 bits per heavy atom. The normalized spacial score (nSPS) is 13.3. The molecule has 3 aromatic carbocycles. The number of hydrogen-bond acceptors (Lipinski definition) is 8. The van der Waals surface area contributed by atoms with Gasteiger partial charge in [-0.1, -0.05) is 75.7 Å². The molecule has 2 unspecified atom stereocenters. The van der Waals surface area contributed by atoms with Crippen LogP contribution in [0.1, 0.15) is 72.7 Å². The lowest BCUT2D eigenvalue weighted by molar-refractivity contribution is 0.0614. The highest BCUT2D eigenvalue weighted by atomic mass is 32.2. The van der Waals surface area contributed by atoms with Crippen molar-refractivity contribution >= 4 is 31.9 Å². The van der Waals surface area contributed by atoms with Crippen LogP contribution in [0.25, 0.3) is 0 Å². The molecule has 0 heterocycles. The lowest BCUT2D eigenvalue weighted by atomic mass is 10.00. The summed E-state index contributed by atoms with van der Waals surface area (Å²) in [5.41, 5.74) is 0.791. The van der Waals surface area contributed by atoms with Gasteiger partial charge in [0, 0.05) is 51.4 Å². The lowest BCUT2D eigenvalue weighted by Gasteiger charge is -2.30. The number of amides is 2. The highest BCUT2D eigenvalue weighted by Gasteiger charge is 2.29. The third-order valence-corrected chi connectivity index (χ3v) is 11.2. The van der Waals surface area contributed by atoms with Crippen LogP contribution < -0.4 is 10.1 Å². The number of unbranched alkanes of at least 4 members (excludes halogenated alkanes) is 1. The van der Waals surface area contributed by atoms with Crippen molar-refractivity contribution in [3.05, 3.63) is 95.6 Å². The molecule has 0 aliphatic carbocycles. The van der Waals surface area contributed by atoms with Crippen LogP contribution in [-0.4, -0.2) is 100 Å². The Hall–Kier alpha value is -3.66. The summed E-state index contributed by atoms with van der Waals surface area (Å²) in [6.07, 6.45) is 1.72. The molecule has 0 spiro atoms. The molecule has 2 amide bonds. The zero-order chi connectivity index (χ0) is 36.9. The SMILES string of the molecule is CCCCN(CC(O)C(Cc1ccccc1)NC(=O)c1cc(C(=O)N(CCC)CCC)cc(S(=O)(=O)N(C)C)c1)NS(=O)(=O)c1ccccc1. The molecule has 0 aliphatic heterocycles. The second-order valence-corrected chi connectivity index (χ2v) is 16.2. The Morgan fingerprint density at radius 1 is 0.760 bits per heavy atom. The highest BCUT2D eigenvalue weighted by Crippen LogP contribution is 2.21. The fourth-order valence-corrected chi connectivity index (χ4v) is 7.45. The zero-order valence-corrected chi connectivity index (χ0v) is 31.2. The largest absolute Gasteiger partial charge is 0.390 e. The molecule has 0 radical (unpaired) electrons. The van der Waals surface area contributed by atoms with Gasteiger partial charge in [-0.25, -0.2) is 26.1 Å². The predicted molar refractivity (Wildman–Crippen MR) is 194 cm³/mol. The van der Waals surface area contributed by atoms with E-state index in [0.717, 1.165) is 16.3 Å². The monoisotopic (exact) mass is 729 g/mol. The molecule has 274 valence electrons. The minimum atomic E-state index is -4.04. The number of sulfonamides is 2. The van der Waals surface area contributed by atoms with Gasteiger partial charge in [-0.3, -0.25) is 9.59 Å². The van der Waals surface area contributed by atoms with E-state index in [0.29, 0.717) is 38.9 Å². The summed E-state index contributed by atoms with van der Waals surface area (Å²) in [6, 6.07) is 20.0. The zero-order valence-electron chi connectivity index (χ0n) is 29.6. The number of hydrogen-bond donors (Lipinski definition) is 3. The Balaban J connectivity index is 2.01. The number of aliphatic hydroxyl groups excluding tert-OH is 1. The van der Waals surface area contributed by atoms with Crippen LogP contribution >= 0.6 is 0 Å². The van der Waals surface area contributed by atoms with Gasteiger partial charge in [0.2, 0.25) is 10.0 Å². The van der Waals surface area contributed by atoms with Crippen molar-refractivity contribution in [1.82, 2.24) is 24.4 Å². The summed E-state index contributed by atoms with van der Waals surface area (Å²) in [6.45, 7) is 6.91. The van der Waals surface area contributed by atoms with Gasteiger partial charge in [0.15, 0.2) is 0 Å². The molecule has 3 aromatic rings. The van der Waals surface area contributed by atoms with E-state index in [4.69, 9.17) is 0 Å². The molecular weight excluding hydrogens is 679 g/mol. The number of aliphatic hydroxyl groups is 1. The van der Waals surface area contributed by atoms with Gasteiger partial charge >= 0.3 is 0 Å². The Kier molecular flexibility index (Phi) is 15.6. The summed E-state index contributed by atoms with van der Waals surface area (Å²) >= 11 is 0. The molecule has 0 saturated heterocycles. The van der Waals surface area contributed by atoms with Crippen LogP contribution in [0, 0.1) is 0 Å². The minimum absolute atomic E-state index is 0.0567. The number of nitrogens with one attached hydrogen (secondary N) is 2. The molecule has 0 aliphatic rings. The summed E-state index contributed by atoms with van der Waals surface area (Å²) < 4.78 is 53.9. The molecule has 14 heteroatoms. The van der Waals surface area contributed by atoms with Gasteiger partial charge in [0.25, 0.3) is 21.8 Å². The van der Waals surface area contributed by atoms with Crippen molar-refractivity contribution in [2.75, 3.05) is 40.3 Å². The molecule has 0 saturated carbocycles. The average Bonchev–Trinajstić information content (AvgIpc) is 3.10. The first-order valence-corrected chi connectivity index (χ1v) is 19.9. The third kappa shape index (κ3) is 11.4. The maximum atomic E-state index is 14.0. The number of nitrogens with zero attached hydrogens (tertiary/aromatic N) is 3. The van der Waals surface area contributed by atoms with Gasteiger partial charge in [-0.2, -0.15) is 0 Å². The minimum Gasteiger partial charge on any atom is -0.390 e. The van der Waals surface area contributed by atoms with Crippen molar-refractivity contribution in [2.45, 2.75) is 74.8 Å². The van der Waals surface area contributed by atoms with Crippen molar-refractivity contribution < 1.29 is 31.5 Å². The van der Waals surface area contributed by atoms with E-state index in [1.165, 1.54) is 49.4 Å². The van der Waals surface area contributed by atoms with Crippen LogP contribution in [0.3, 0.4) is 0 Å². The van der Waals surface area contributed by atoms with Crippen molar-refractivity contribution in [1.29, 1.82) is 0 Å². The molecule has 0 aromatic heterocycles. The van der Waals surface area contributed by atoms with Gasteiger partial charge in [-0.05, 0) is 61.6 Å². The van der Waals surface area contributed by atoms with E-state index in [2.05, 4.69) is 10.1 Å². The standard InChI is InChI=1S/C36H51N5O7S2/c1-6-9-22-41(38-49(45,46)31-18-14-11-15-19-31)27-34(42)33(23-28-16-12-10-13-17-28)37-35(43)29-24-30(36(44)40(20-7-2)21-8-3)26-32(25-29)50(47,48)39(4)5/h10-19,24-26,33-34,38,42H,6-9,20-23,27H2,1-5H3,(H,37,43). The first-order valence-electron chi connectivity index (χ1n) is 17.0. The van der Waals surface area contributed by atoms with Crippen molar-refractivity contribution in [3.63, 3.8) is 0 Å². The van der Waals surface area contributed by atoms with Crippen LogP contribution in [0.2, 0.25) is 0 Å². The molecule has 3 rings (SSSR count). The van der Waals surface area contributed by atoms with Gasteiger partial charge in [-0.15, -0.1) is 4.83 Å². The average molecular weight is 730 g/mol. The van der Waals surface area contributed by atoms with E-state index in [1.807, 2.05) is 51.1 Å². The first kappa shape index (κ1) is 40.8. The second kappa shape index (κ2) is 19.1. The molecule has 0 bridgehead atoms. The summed E-state index contributed by atoms with van der Waals surface area (Å²) in [5.74, 6) is -1.09. The topological polar surface area (TPSA) is 156 Å². The Morgan fingerprint density at radius 2 is 1.34 bits per heavy atom. The van der Waals surface area contributed by atoms with Crippen molar-refractivity contribution in [3.8, 4) is 0 Å². The quantitative estimate of drug-likeness (QED) is 0.148. The smallest absolute Gasteiger partial charge is 0.253 e. The van der Waals surface area contributed by atoms with Gasteiger partial charge in [0.1, 0.15) is 0 Å². The molecule has 50 heavy (non-hydrogen) atoms. The van der Waals surface area contributed by atoms with Crippen LogP contribution in [0.4, 0.5) is 0 Å². The van der Waals surface area contributed by atoms with E-state index >= 15 is 0 Å². The van der Waals surface area contributed by atoms with Crippen molar-refractivity contribution in [2.24, 2.45) is 0 Å². The molecule has 2 atom stereocenters. The van der Waals surface area contributed by atoms with Crippen LogP contribution in [0.15, 0.2) is 88.7 Å². The predicted octanol–water partition coefficient (Wildman–Crippen LogP) is 3.90. The Bertz CT molecular complexity index is 1750. The fourth-order valence-electron chi connectivity index (χ4n) is 5.35. The maximum Gasteiger partial charge on any atom is 0.253 e. The molecule has 0 fully saturated rings. The van der Waals surface area contributed by atoms with Crippen LogP contribution in [-0.2, 0) is 26.5 Å². The van der Waals surface area contributed by atoms with E-state index in [1.54, 1.807) is 23.1 Å². The number of rotatable bonds is 20. The molecule has 3 N–H and O–H groups in total. The first-order chi connectivity index (χ1) is 23.7. The fraction of sp³-hybridized carbons (Fsp3) is 0.444. The van der Waals surface area contributed by atoms with Crippen LogP contribution in [0.5, 0.6) is 0 Å². The molecule has 12 nitrogen and oxygen atoms in total. The molecular formula is C36H51N5O7S2. The Labute approximate surface area is 297 Å².